The van der Waals surface area contributed by atoms with Crippen LogP contribution in [0.5, 0.6) is 0 Å². The van der Waals surface area contributed by atoms with Gasteiger partial charge in [-0.3, -0.25) is 4.79 Å². The molecular formula is C12H25ClN2O. The Hall–Kier alpha value is -0.280. The Bertz CT molecular complexity index is 182. The lowest BCUT2D eigenvalue weighted by Crippen LogP contribution is -2.38. The first-order chi connectivity index (χ1) is 7.33. The largest absolute Gasteiger partial charge is 0.356 e. The van der Waals surface area contributed by atoms with Gasteiger partial charge >= 0.3 is 0 Å². The highest BCUT2D eigenvalue weighted by Gasteiger charge is 2.13. The van der Waals surface area contributed by atoms with Crippen molar-refractivity contribution in [3.63, 3.8) is 0 Å². The molecule has 0 radical (unpaired) electrons. The zero-order chi connectivity index (χ0) is 10.9. The third-order valence-corrected chi connectivity index (χ3v) is 2.99. The summed E-state index contributed by atoms with van der Waals surface area (Å²) in [6.45, 7) is 5.22. The molecule has 1 aliphatic heterocycles. The second-order valence-electron chi connectivity index (χ2n) is 4.47. The van der Waals surface area contributed by atoms with Gasteiger partial charge < -0.3 is 10.6 Å². The van der Waals surface area contributed by atoms with Gasteiger partial charge in [0.1, 0.15) is 0 Å². The standard InChI is InChI=1S/C12H24N2O.ClH/c1-2-3-4-7-12(15)14-10-11-6-5-8-13-9-11;/h11,13H,2-10H2,1H3,(H,14,15);1H. The molecule has 96 valence electrons. The number of carbonyl (C=O) groups is 1. The van der Waals surface area contributed by atoms with Crippen molar-refractivity contribution >= 4 is 18.3 Å². The zero-order valence-electron chi connectivity index (χ0n) is 10.3. The van der Waals surface area contributed by atoms with Gasteiger partial charge in [0.05, 0.1) is 0 Å². The van der Waals surface area contributed by atoms with Crippen LogP contribution in [0.25, 0.3) is 0 Å². The minimum absolute atomic E-state index is 0. The molecule has 4 heteroatoms. The van der Waals surface area contributed by atoms with Crippen LogP contribution in [-0.4, -0.2) is 25.5 Å². The van der Waals surface area contributed by atoms with Gasteiger partial charge in [0.2, 0.25) is 5.91 Å². The Kier molecular flexibility index (Phi) is 9.74. The summed E-state index contributed by atoms with van der Waals surface area (Å²) in [6.07, 6.45) is 6.58. The number of hydrogen-bond donors (Lipinski definition) is 2. The van der Waals surface area contributed by atoms with Gasteiger partial charge in [0.25, 0.3) is 0 Å². The van der Waals surface area contributed by atoms with Crippen molar-refractivity contribution in [1.82, 2.24) is 10.6 Å². The summed E-state index contributed by atoms with van der Waals surface area (Å²) in [5, 5.41) is 6.39. The molecule has 0 spiro atoms. The molecule has 1 heterocycles. The van der Waals surface area contributed by atoms with E-state index >= 15 is 0 Å². The lowest BCUT2D eigenvalue weighted by atomic mass is 10.00. The average Bonchev–Trinajstić information content (AvgIpc) is 2.28. The first kappa shape index (κ1) is 15.7. The quantitative estimate of drug-likeness (QED) is 0.707. The van der Waals surface area contributed by atoms with E-state index in [4.69, 9.17) is 0 Å². The summed E-state index contributed by atoms with van der Waals surface area (Å²) >= 11 is 0. The molecule has 1 unspecified atom stereocenters. The molecule has 1 aliphatic rings. The highest BCUT2D eigenvalue weighted by molar-refractivity contribution is 5.85. The van der Waals surface area contributed by atoms with Gasteiger partial charge in [-0.15, -0.1) is 12.4 Å². The predicted octanol–water partition coefficient (Wildman–Crippen LogP) is 2.10. The summed E-state index contributed by atoms with van der Waals surface area (Å²) in [5.41, 5.74) is 0. The molecule has 1 amide bonds. The normalized spacial score (nSPS) is 19.9. The SMILES string of the molecule is CCCCCC(=O)NCC1CCCNC1.Cl. The maximum absolute atomic E-state index is 11.4. The Morgan fingerprint density at radius 1 is 1.44 bits per heavy atom. The van der Waals surface area contributed by atoms with Gasteiger partial charge in [-0.25, -0.2) is 0 Å². The van der Waals surface area contributed by atoms with Crippen molar-refractivity contribution in [3.05, 3.63) is 0 Å². The van der Waals surface area contributed by atoms with Crippen LogP contribution in [0.15, 0.2) is 0 Å². The zero-order valence-corrected chi connectivity index (χ0v) is 11.1. The molecule has 0 aliphatic carbocycles. The highest BCUT2D eigenvalue weighted by atomic mass is 35.5. The van der Waals surface area contributed by atoms with Gasteiger partial charge in [-0.2, -0.15) is 0 Å². The van der Waals surface area contributed by atoms with Crippen molar-refractivity contribution < 1.29 is 4.79 Å². The fraction of sp³-hybridized carbons (Fsp3) is 0.917. The number of nitrogens with one attached hydrogen (secondary N) is 2. The van der Waals surface area contributed by atoms with Crippen LogP contribution in [0.3, 0.4) is 0 Å². The van der Waals surface area contributed by atoms with Crippen molar-refractivity contribution in [1.29, 1.82) is 0 Å². The van der Waals surface area contributed by atoms with Crippen molar-refractivity contribution in [2.45, 2.75) is 45.4 Å². The van der Waals surface area contributed by atoms with Crippen molar-refractivity contribution in [3.8, 4) is 0 Å². The van der Waals surface area contributed by atoms with Crippen LogP contribution in [0.1, 0.15) is 45.4 Å². The number of carbonyl (C=O) groups excluding carboxylic acids is 1. The molecule has 1 rings (SSSR count). The van der Waals surface area contributed by atoms with Crippen molar-refractivity contribution in [2.24, 2.45) is 5.92 Å². The van der Waals surface area contributed by atoms with E-state index in [1.807, 2.05) is 0 Å². The van der Waals surface area contributed by atoms with E-state index in [-0.39, 0.29) is 18.3 Å². The topological polar surface area (TPSA) is 41.1 Å². The molecule has 3 nitrogen and oxygen atoms in total. The fourth-order valence-electron chi connectivity index (χ4n) is 1.98. The van der Waals surface area contributed by atoms with Gasteiger partial charge in [-0.1, -0.05) is 19.8 Å². The first-order valence-electron chi connectivity index (χ1n) is 6.30. The maximum atomic E-state index is 11.4. The van der Waals surface area contributed by atoms with Crippen LogP contribution in [0.2, 0.25) is 0 Å². The number of amides is 1. The summed E-state index contributed by atoms with van der Waals surface area (Å²) in [5.74, 6) is 0.878. The number of rotatable bonds is 6. The number of unbranched alkanes of at least 4 members (excludes halogenated alkanes) is 2. The predicted molar refractivity (Wildman–Crippen MR) is 70.0 cm³/mol. The van der Waals surface area contributed by atoms with Crippen LogP contribution >= 0.6 is 12.4 Å². The molecular weight excluding hydrogens is 224 g/mol. The molecule has 0 aromatic carbocycles. The van der Waals surface area contributed by atoms with Crippen LogP contribution in [-0.2, 0) is 4.79 Å². The van der Waals surface area contributed by atoms with Crippen molar-refractivity contribution in [2.75, 3.05) is 19.6 Å². The Labute approximate surface area is 105 Å². The Morgan fingerprint density at radius 3 is 2.88 bits per heavy atom. The Balaban J connectivity index is 0.00000225. The molecule has 0 bridgehead atoms. The van der Waals surface area contributed by atoms with Crippen LogP contribution < -0.4 is 10.6 Å². The molecule has 1 saturated heterocycles. The van der Waals surface area contributed by atoms with E-state index in [1.165, 1.54) is 25.7 Å². The molecule has 2 N–H and O–H groups in total. The lowest BCUT2D eigenvalue weighted by molar-refractivity contribution is -0.121. The Morgan fingerprint density at radius 2 is 2.25 bits per heavy atom. The second-order valence-corrected chi connectivity index (χ2v) is 4.47. The van der Waals surface area contributed by atoms with E-state index in [2.05, 4.69) is 17.6 Å². The van der Waals surface area contributed by atoms with E-state index in [9.17, 15) is 4.79 Å². The summed E-state index contributed by atoms with van der Waals surface area (Å²) in [6, 6.07) is 0. The average molecular weight is 249 g/mol. The van der Waals surface area contributed by atoms with E-state index in [0.29, 0.717) is 12.3 Å². The molecule has 0 aromatic heterocycles. The lowest BCUT2D eigenvalue weighted by Gasteiger charge is -2.22. The van der Waals surface area contributed by atoms with Crippen LogP contribution in [0, 0.1) is 5.92 Å². The maximum Gasteiger partial charge on any atom is 0.220 e. The van der Waals surface area contributed by atoms with E-state index in [1.54, 1.807) is 0 Å². The third-order valence-electron chi connectivity index (χ3n) is 2.99. The third kappa shape index (κ3) is 7.07. The van der Waals surface area contributed by atoms with E-state index in [0.717, 1.165) is 26.1 Å². The number of hydrogen-bond acceptors (Lipinski definition) is 2. The molecule has 0 aromatic rings. The highest BCUT2D eigenvalue weighted by Crippen LogP contribution is 2.08. The molecule has 0 saturated carbocycles. The number of halogens is 1. The monoisotopic (exact) mass is 248 g/mol. The number of piperidine rings is 1. The summed E-state index contributed by atoms with van der Waals surface area (Å²) in [7, 11) is 0. The molecule has 1 fully saturated rings. The van der Waals surface area contributed by atoms with E-state index < -0.39 is 0 Å². The summed E-state index contributed by atoms with van der Waals surface area (Å²) < 4.78 is 0. The van der Waals surface area contributed by atoms with Gasteiger partial charge in [0.15, 0.2) is 0 Å². The fourth-order valence-corrected chi connectivity index (χ4v) is 1.98. The van der Waals surface area contributed by atoms with Gasteiger partial charge in [-0.05, 0) is 38.3 Å². The minimum atomic E-state index is 0. The van der Waals surface area contributed by atoms with Gasteiger partial charge in [0, 0.05) is 13.0 Å². The first-order valence-corrected chi connectivity index (χ1v) is 6.30. The molecule has 1 atom stereocenters. The smallest absolute Gasteiger partial charge is 0.220 e. The summed E-state index contributed by atoms with van der Waals surface area (Å²) in [4.78, 5) is 11.4. The minimum Gasteiger partial charge on any atom is -0.356 e. The second kappa shape index (κ2) is 9.91. The molecule has 16 heavy (non-hydrogen) atoms. The van der Waals surface area contributed by atoms with Crippen LogP contribution in [0.4, 0.5) is 0 Å².